The summed E-state index contributed by atoms with van der Waals surface area (Å²) >= 11 is 0. The number of halogens is 1. The summed E-state index contributed by atoms with van der Waals surface area (Å²) in [5, 5.41) is 0. The molecule has 3 unspecified atom stereocenters. The maximum absolute atomic E-state index is 11.5. The number of Topliss-reactive ketones (excluding diaryl/α,β-unsaturated/α-hetero) is 2. The van der Waals surface area contributed by atoms with Crippen LogP contribution in [0.2, 0.25) is 0 Å². The van der Waals surface area contributed by atoms with E-state index >= 15 is 0 Å². The molecule has 4 fully saturated rings. The fourth-order valence-corrected chi connectivity index (χ4v) is 5.01. The van der Waals surface area contributed by atoms with Crippen LogP contribution >= 0.6 is 12.4 Å². The van der Waals surface area contributed by atoms with Gasteiger partial charge in [0, 0.05) is 49.3 Å². The highest BCUT2D eigenvalue weighted by Gasteiger charge is 2.43. The predicted molar refractivity (Wildman–Crippen MR) is 104 cm³/mol. The molecule has 3 atom stereocenters. The summed E-state index contributed by atoms with van der Waals surface area (Å²) in [6.45, 7) is 10.9. The summed E-state index contributed by atoms with van der Waals surface area (Å²) in [7, 11) is 0. The van der Waals surface area contributed by atoms with Gasteiger partial charge in [-0.2, -0.15) is 9.59 Å². The second-order valence-electron chi connectivity index (χ2n) is 8.73. The first kappa shape index (κ1) is 24.0. The van der Waals surface area contributed by atoms with Crippen molar-refractivity contribution in [2.24, 2.45) is 5.92 Å². The van der Waals surface area contributed by atoms with E-state index in [2.05, 4.69) is 30.6 Å². The van der Waals surface area contributed by atoms with Crippen molar-refractivity contribution >= 4 is 30.1 Å². The Kier molecular flexibility index (Phi) is 8.81. The fraction of sp³-hybridized carbons (Fsp3) is 0.850. The van der Waals surface area contributed by atoms with Crippen LogP contribution in [0.15, 0.2) is 0 Å². The van der Waals surface area contributed by atoms with Crippen molar-refractivity contribution in [3.8, 4) is 0 Å². The number of nitrogens with zero attached hydrogens (tertiary/aromatic N) is 2. The molecule has 0 saturated carbocycles. The van der Waals surface area contributed by atoms with Gasteiger partial charge in [0.2, 0.25) is 0 Å². The zero-order chi connectivity index (χ0) is 19.4. The van der Waals surface area contributed by atoms with Gasteiger partial charge in [0.1, 0.15) is 11.6 Å². The minimum Gasteiger partial charge on any atom is -0.300 e. The van der Waals surface area contributed by atoms with Gasteiger partial charge >= 0.3 is 6.15 Å². The lowest BCUT2D eigenvalue weighted by atomic mass is 9.83. The van der Waals surface area contributed by atoms with Crippen LogP contribution in [-0.2, 0) is 19.2 Å². The van der Waals surface area contributed by atoms with E-state index in [9.17, 15) is 9.59 Å². The number of carbonyl (C=O) groups is 2. The molecule has 4 aliphatic heterocycles. The third-order valence-corrected chi connectivity index (χ3v) is 6.65. The van der Waals surface area contributed by atoms with Gasteiger partial charge in [0.05, 0.1) is 0 Å². The van der Waals surface area contributed by atoms with E-state index in [-0.39, 0.29) is 35.6 Å². The minimum atomic E-state index is 0. The smallest absolute Gasteiger partial charge is 0.300 e. The van der Waals surface area contributed by atoms with Crippen LogP contribution in [0.25, 0.3) is 0 Å². The fourth-order valence-electron chi connectivity index (χ4n) is 5.01. The lowest BCUT2D eigenvalue weighted by Crippen LogP contribution is -2.51. The van der Waals surface area contributed by atoms with Gasteiger partial charge in [-0.1, -0.05) is 6.92 Å². The number of piperidine rings is 2. The normalized spacial score (nSPS) is 35.4. The first-order chi connectivity index (χ1) is 12.2. The quantitative estimate of drug-likeness (QED) is 0.621. The molecule has 0 aromatic heterocycles. The molecule has 0 aliphatic carbocycles. The largest absolute Gasteiger partial charge is 0.373 e. The third kappa shape index (κ3) is 5.71. The highest BCUT2D eigenvalue weighted by molar-refractivity contribution is 5.85. The average Bonchev–Trinajstić information content (AvgIpc) is 3.11. The lowest BCUT2D eigenvalue weighted by Gasteiger charge is -2.41. The zero-order valence-corrected chi connectivity index (χ0v) is 17.6. The molecule has 0 N–H and O–H groups in total. The van der Waals surface area contributed by atoms with E-state index < -0.39 is 0 Å². The van der Waals surface area contributed by atoms with Crippen molar-refractivity contribution in [2.45, 2.75) is 76.8 Å². The van der Waals surface area contributed by atoms with Gasteiger partial charge in [-0.15, -0.1) is 12.4 Å². The molecule has 4 rings (SSSR count). The van der Waals surface area contributed by atoms with Crippen LogP contribution < -0.4 is 0 Å². The third-order valence-electron chi connectivity index (χ3n) is 6.65. The first-order valence-corrected chi connectivity index (χ1v) is 9.78. The molecule has 0 aromatic carbocycles. The van der Waals surface area contributed by atoms with Crippen LogP contribution in [0.1, 0.15) is 65.7 Å². The Labute approximate surface area is 168 Å². The standard InChI is InChI=1S/C10H17NO.C9H15NO.CO2.ClH/c1-8-7-11-5-3-4-10(11,2)6-9(8)12;1-9-4-2-5-10(9)6-3-8(11)7-9;2-1-3;/h8H,3-7H2,1-2H3;2-7H2,1H3;;1H. The topological polar surface area (TPSA) is 74.8 Å². The van der Waals surface area contributed by atoms with Crippen molar-refractivity contribution in [3.63, 3.8) is 0 Å². The summed E-state index contributed by atoms with van der Waals surface area (Å²) < 4.78 is 0. The molecular formula is C20H33ClN2O4. The van der Waals surface area contributed by atoms with Gasteiger partial charge < -0.3 is 0 Å². The highest BCUT2D eigenvalue weighted by atomic mass is 35.5. The number of hydrogen-bond acceptors (Lipinski definition) is 6. The SMILES string of the molecule is CC12CCCN1CCC(=O)C2.CC1CN2CCCC2(C)CC1=O.Cl.O=C=O. The van der Waals surface area contributed by atoms with Gasteiger partial charge in [-0.05, 0) is 52.6 Å². The molecule has 6 nitrogen and oxygen atoms in total. The van der Waals surface area contributed by atoms with E-state index in [1.54, 1.807) is 0 Å². The predicted octanol–water partition coefficient (Wildman–Crippen LogP) is 2.49. The Morgan fingerprint density at radius 1 is 0.926 bits per heavy atom. The molecule has 4 aliphatic rings. The highest BCUT2D eigenvalue weighted by Crippen LogP contribution is 2.37. The molecule has 4 saturated heterocycles. The van der Waals surface area contributed by atoms with Crippen molar-refractivity contribution in [2.75, 3.05) is 26.2 Å². The van der Waals surface area contributed by atoms with Crippen molar-refractivity contribution in [1.82, 2.24) is 9.80 Å². The molecule has 4 heterocycles. The summed E-state index contributed by atoms with van der Waals surface area (Å²) in [5.41, 5.74) is 0.471. The average molecular weight is 401 g/mol. The van der Waals surface area contributed by atoms with Gasteiger partial charge in [-0.25, -0.2) is 0 Å². The summed E-state index contributed by atoms with van der Waals surface area (Å²) in [5.74, 6) is 1.21. The van der Waals surface area contributed by atoms with Gasteiger partial charge in [0.15, 0.2) is 0 Å². The Bertz CT molecular complexity index is 578. The molecule has 0 aromatic rings. The van der Waals surface area contributed by atoms with E-state index in [0.717, 1.165) is 32.4 Å². The maximum atomic E-state index is 11.5. The summed E-state index contributed by atoms with van der Waals surface area (Å²) in [6.07, 6.45) is 7.61. The Balaban J connectivity index is 0.000000229. The first-order valence-electron chi connectivity index (χ1n) is 9.78. The van der Waals surface area contributed by atoms with Crippen LogP contribution in [0.3, 0.4) is 0 Å². The van der Waals surface area contributed by atoms with E-state index in [4.69, 9.17) is 9.59 Å². The molecule has 7 heteroatoms. The number of hydrogen-bond donors (Lipinski definition) is 0. The number of ketones is 2. The van der Waals surface area contributed by atoms with Crippen LogP contribution in [0.4, 0.5) is 0 Å². The molecule has 0 spiro atoms. The van der Waals surface area contributed by atoms with Crippen molar-refractivity contribution in [3.05, 3.63) is 0 Å². The summed E-state index contributed by atoms with van der Waals surface area (Å²) in [4.78, 5) is 43.9. The molecule has 0 radical (unpaired) electrons. The monoisotopic (exact) mass is 400 g/mol. The number of rotatable bonds is 0. The molecule has 154 valence electrons. The van der Waals surface area contributed by atoms with Crippen molar-refractivity contribution in [1.29, 1.82) is 0 Å². The summed E-state index contributed by atoms with van der Waals surface area (Å²) in [6, 6.07) is 0. The van der Waals surface area contributed by atoms with E-state index in [1.807, 2.05) is 0 Å². The van der Waals surface area contributed by atoms with Crippen molar-refractivity contribution < 1.29 is 19.2 Å². The minimum absolute atomic E-state index is 0. The number of carbonyl (C=O) groups excluding carboxylic acids is 4. The van der Waals surface area contributed by atoms with Gasteiger partial charge in [-0.3, -0.25) is 19.4 Å². The number of fused-ring (bicyclic) bond motifs is 2. The Morgan fingerprint density at radius 2 is 1.44 bits per heavy atom. The van der Waals surface area contributed by atoms with Crippen LogP contribution in [-0.4, -0.2) is 64.8 Å². The Hall–Kier alpha value is -1.07. The van der Waals surface area contributed by atoms with Crippen LogP contribution in [0.5, 0.6) is 0 Å². The molecule has 0 bridgehead atoms. The van der Waals surface area contributed by atoms with E-state index in [1.165, 1.54) is 38.8 Å². The lowest BCUT2D eigenvalue weighted by molar-refractivity contribution is -0.191. The molecule has 27 heavy (non-hydrogen) atoms. The van der Waals surface area contributed by atoms with Gasteiger partial charge in [0.25, 0.3) is 0 Å². The maximum Gasteiger partial charge on any atom is 0.373 e. The second kappa shape index (κ2) is 9.92. The van der Waals surface area contributed by atoms with E-state index in [0.29, 0.717) is 11.6 Å². The zero-order valence-electron chi connectivity index (χ0n) is 16.8. The molecule has 0 amide bonds. The molecular weight excluding hydrogens is 368 g/mol. The Morgan fingerprint density at radius 3 is 2.04 bits per heavy atom. The second-order valence-corrected chi connectivity index (χ2v) is 8.73. The van der Waals surface area contributed by atoms with Crippen LogP contribution in [0, 0.1) is 5.92 Å².